The van der Waals surface area contributed by atoms with E-state index in [1.54, 1.807) is 0 Å². The van der Waals surface area contributed by atoms with Gasteiger partial charge < -0.3 is 0 Å². The molecule has 2 heteroatoms. The quantitative estimate of drug-likeness (QED) is 0.597. The molecule has 0 radical (unpaired) electrons. The van der Waals surface area contributed by atoms with E-state index in [4.69, 9.17) is 4.98 Å². The summed E-state index contributed by atoms with van der Waals surface area (Å²) in [5, 5.41) is 0. The molecule has 0 N–H and O–H groups in total. The van der Waals surface area contributed by atoms with Crippen LogP contribution in [0.15, 0.2) is 24.3 Å². The second-order valence-corrected chi connectivity index (χ2v) is 6.04. The van der Waals surface area contributed by atoms with E-state index in [9.17, 15) is 0 Å². The number of benzene rings is 1. The highest BCUT2D eigenvalue weighted by Crippen LogP contribution is 2.37. The van der Waals surface area contributed by atoms with E-state index in [0.717, 1.165) is 23.6 Å². The van der Waals surface area contributed by atoms with Crippen LogP contribution in [0.3, 0.4) is 0 Å². The van der Waals surface area contributed by atoms with Gasteiger partial charge in [-0.05, 0) is 12.5 Å². The summed E-state index contributed by atoms with van der Waals surface area (Å²) in [6.45, 7) is 8.58. The third-order valence-electron chi connectivity index (χ3n) is 3.52. The predicted molar refractivity (Wildman–Crippen MR) is 73.7 cm³/mol. The van der Waals surface area contributed by atoms with Crippen molar-refractivity contribution >= 4 is 0 Å². The molecule has 0 fully saturated rings. The van der Waals surface area contributed by atoms with Crippen LogP contribution in [0.5, 0.6) is 0 Å². The zero-order valence-electron chi connectivity index (χ0n) is 11.4. The molecule has 2 nitrogen and oxygen atoms in total. The minimum atomic E-state index is -0.00266. The van der Waals surface area contributed by atoms with E-state index in [-0.39, 0.29) is 5.41 Å². The van der Waals surface area contributed by atoms with Crippen LogP contribution in [0.1, 0.15) is 43.4 Å². The molecule has 0 spiro atoms. The summed E-state index contributed by atoms with van der Waals surface area (Å²) in [6.07, 6.45) is 0.974. The fourth-order valence-corrected chi connectivity index (χ4v) is 2.46. The Kier molecular flexibility index (Phi) is 2.31. The van der Waals surface area contributed by atoms with Gasteiger partial charge in [0.25, 0.3) is 0 Å². The first kappa shape index (κ1) is 11.4. The zero-order valence-corrected chi connectivity index (χ0v) is 11.4. The molecule has 3 rings (SSSR count). The number of rotatable bonds is 0. The van der Waals surface area contributed by atoms with Crippen LogP contribution in [0.4, 0.5) is 0 Å². The smallest absolute Gasteiger partial charge is 0.134 e. The molecular formula is C16H18N2. The van der Waals surface area contributed by atoms with Crippen LogP contribution in [0, 0.1) is 6.92 Å². The fraction of sp³-hybridized carbons (Fsp3) is 0.375. The number of hydrogen-bond acceptors (Lipinski definition) is 2. The monoisotopic (exact) mass is 238 g/mol. The Bertz CT molecular complexity index is 621. The van der Waals surface area contributed by atoms with Crippen molar-refractivity contribution in [1.82, 2.24) is 9.97 Å². The number of aromatic nitrogens is 2. The van der Waals surface area contributed by atoms with E-state index < -0.39 is 0 Å². The normalized spacial score (nSPS) is 13.3. The summed E-state index contributed by atoms with van der Waals surface area (Å²) < 4.78 is 0. The average molecular weight is 238 g/mol. The van der Waals surface area contributed by atoms with Gasteiger partial charge in [0.15, 0.2) is 0 Å². The second-order valence-electron chi connectivity index (χ2n) is 6.04. The number of hydrogen-bond donors (Lipinski definition) is 0. The summed E-state index contributed by atoms with van der Waals surface area (Å²) in [5.41, 5.74) is 6.21. The predicted octanol–water partition coefficient (Wildman–Crippen LogP) is 3.65. The summed E-state index contributed by atoms with van der Waals surface area (Å²) in [7, 11) is 0. The Morgan fingerprint density at radius 1 is 1.06 bits per heavy atom. The maximum atomic E-state index is 4.82. The molecule has 92 valence electrons. The summed E-state index contributed by atoms with van der Waals surface area (Å²) in [5.74, 6) is 0.940. The van der Waals surface area contributed by atoms with Crippen LogP contribution >= 0.6 is 0 Å². The molecule has 0 atom stereocenters. The van der Waals surface area contributed by atoms with Crippen molar-refractivity contribution in [1.29, 1.82) is 0 Å². The topological polar surface area (TPSA) is 25.8 Å². The minimum Gasteiger partial charge on any atom is -0.237 e. The van der Waals surface area contributed by atoms with Gasteiger partial charge in [-0.1, -0.05) is 45.0 Å². The molecular weight excluding hydrogens is 220 g/mol. The Morgan fingerprint density at radius 2 is 1.78 bits per heavy atom. The minimum absolute atomic E-state index is 0.00266. The average Bonchev–Trinajstić information content (AvgIpc) is 2.67. The lowest BCUT2D eigenvalue weighted by Gasteiger charge is -2.18. The summed E-state index contributed by atoms with van der Waals surface area (Å²) in [4.78, 5) is 9.50. The van der Waals surface area contributed by atoms with Gasteiger partial charge in [0.05, 0.1) is 5.69 Å². The molecule has 18 heavy (non-hydrogen) atoms. The van der Waals surface area contributed by atoms with Gasteiger partial charge in [-0.2, -0.15) is 0 Å². The maximum Gasteiger partial charge on any atom is 0.134 e. The van der Waals surface area contributed by atoms with E-state index in [2.05, 4.69) is 56.9 Å². The van der Waals surface area contributed by atoms with Crippen molar-refractivity contribution in [3.05, 3.63) is 46.9 Å². The third kappa shape index (κ3) is 1.64. The van der Waals surface area contributed by atoms with Gasteiger partial charge >= 0.3 is 0 Å². The molecule has 0 amide bonds. The standard InChI is InChI=1S/C16H18N2/c1-10-13-9-11-7-5-6-8-12(11)14(13)18-15(17-10)16(2,3)4/h5-8H,9H2,1-4H3. The number of aryl methyl sites for hydroxylation is 1. The third-order valence-corrected chi connectivity index (χ3v) is 3.52. The van der Waals surface area contributed by atoms with Crippen LogP contribution in [-0.2, 0) is 11.8 Å². The largest absolute Gasteiger partial charge is 0.237 e. The van der Waals surface area contributed by atoms with E-state index in [1.807, 2.05) is 0 Å². The first-order valence-electron chi connectivity index (χ1n) is 6.43. The van der Waals surface area contributed by atoms with Gasteiger partial charge in [-0.15, -0.1) is 0 Å². The Balaban J connectivity index is 2.25. The number of nitrogens with zero attached hydrogens (tertiary/aromatic N) is 2. The van der Waals surface area contributed by atoms with E-state index in [1.165, 1.54) is 16.7 Å². The van der Waals surface area contributed by atoms with Crippen LogP contribution < -0.4 is 0 Å². The highest BCUT2D eigenvalue weighted by molar-refractivity contribution is 5.74. The molecule has 0 bridgehead atoms. The van der Waals surface area contributed by atoms with Crippen LogP contribution in [0.25, 0.3) is 11.3 Å². The summed E-state index contributed by atoms with van der Waals surface area (Å²) >= 11 is 0. The molecule has 1 aliphatic rings. The molecule has 0 saturated carbocycles. The molecule has 0 unspecified atom stereocenters. The molecule has 0 aliphatic heterocycles. The van der Waals surface area contributed by atoms with Gasteiger partial charge in [0.1, 0.15) is 5.82 Å². The van der Waals surface area contributed by atoms with Crippen molar-refractivity contribution in [3.63, 3.8) is 0 Å². The first-order chi connectivity index (χ1) is 8.47. The van der Waals surface area contributed by atoms with Gasteiger partial charge in [0.2, 0.25) is 0 Å². The van der Waals surface area contributed by atoms with Crippen LogP contribution in [-0.4, -0.2) is 9.97 Å². The molecule has 1 heterocycles. The van der Waals surface area contributed by atoms with Gasteiger partial charge in [-0.3, -0.25) is 0 Å². The van der Waals surface area contributed by atoms with Crippen LogP contribution in [0.2, 0.25) is 0 Å². The lowest BCUT2D eigenvalue weighted by Crippen LogP contribution is -2.17. The molecule has 2 aromatic rings. The van der Waals surface area contributed by atoms with Crippen molar-refractivity contribution in [2.75, 3.05) is 0 Å². The van der Waals surface area contributed by atoms with Gasteiger partial charge in [0, 0.05) is 28.7 Å². The lowest BCUT2D eigenvalue weighted by molar-refractivity contribution is 0.543. The van der Waals surface area contributed by atoms with Crippen molar-refractivity contribution in [2.45, 2.75) is 39.5 Å². The zero-order chi connectivity index (χ0) is 12.9. The molecule has 1 aromatic heterocycles. The Labute approximate surface area is 108 Å². The number of fused-ring (bicyclic) bond motifs is 3. The highest BCUT2D eigenvalue weighted by atomic mass is 14.9. The fourth-order valence-electron chi connectivity index (χ4n) is 2.46. The Morgan fingerprint density at radius 3 is 2.50 bits per heavy atom. The second kappa shape index (κ2) is 3.64. The molecule has 1 aliphatic carbocycles. The van der Waals surface area contributed by atoms with Crippen molar-refractivity contribution < 1.29 is 0 Å². The Hall–Kier alpha value is -1.70. The maximum absolute atomic E-state index is 4.82. The van der Waals surface area contributed by atoms with E-state index >= 15 is 0 Å². The van der Waals surface area contributed by atoms with Gasteiger partial charge in [-0.25, -0.2) is 9.97 Å². The lowest BCUT2D eigenvalue weighted by atomic mass is 9.95. The van der Waals surface area contributed by atoms with Crippen molar-refractivity contribution in [2.24, 2.45) is 0 Å². The molecule has 1 aromatic carbocycles. The van der Waals surface area contributed by atoms with Crippen molar-refractivity contribution in [3.8, 4) is 11.3 Å². The highest BCUT2D eigenvalue weighted by Gasteiger charge is 2.26. The molecule has 0 saturated heterocycles. The van der Waals surface area contributed by atoms with E-state index in [0.29, 0.717) is 0 Å². The SMILES string of the molecule is Cc1nc(C(C)(C)C)nc2c1Cc1ccccc1-2. The summed E-state index contributed by atoms with van der Waals surface area (Å²) in [6, 6.07) is 8.54. The first-order valence-corrected chi connectivity index (χ1v) is 6.43.